The van der Waals surface area contributed by atoms with Crippen LogP contribution in [-0.4, -0.2) is 15.0 Å². The molecule has 20 heavy (non-hydrogen) atoms. The quantitative estimate of drug-likeness (QED) is 0.786. The topological polar surface area (TPSA) is 63.8 Å². The molecule has 0 atom stereocenters. The molecule has 1 aliphatic rings. The van der Waals surface area contributed by atoms with E-state index in [0.717, 1.165) is 28.4 Å². The van der Waals surface area contributed by atoms with Gasteiger partial charge in [-0.1, -0.05) is 0 Å². The third-order valence-electron chi connectivity index (χ3n) is 3.42. The van der Waals surface area contributed by atoms with Crippen LogP contribution in [0.3, 0.4) is 0 Å². The summed E-state index contributed by atoms with van der Waals surface area (Å²) in [6, 6.07) is 5.98. The highest BCUT2D eigenvalue weighted by Gasteiger charge is 2.28. The zero-order valence-electron chi connectivity index (χ0n) is 10.9. The highest BCUT2D eigenvalue weighted by atomic mass is 16.3. The molecule has 100 valence electrons. The van der Waals surface area contributed by atoms with Crippen LogP contribution < -0.4 is 5.32 Å². The summed E-state index contributed by atoms with van der Waals surface area (Å²) in [6.07, 6.45) is 7.52. The fraction of sp³-hybridized carbons (Fsp3) is 0.267. The molecule has 1 aromatic carbocycles. The van der Waals surface area contributed by atoms with Gasteiger partial charge in [-0.3, -0.25) is 9.97 Å². The lowest BCUT2D eigenvalue weighted by Crippen LogP contribution is -2.01. The molecule has 5 nitrogen and oxygen atoms in total. The average molecular weight is 266 g/mol. The monoisotopic (exact) mass is 266 g/mol. The lowest BCUT2D eigenvalue weighted by Gasteiger charge is -2.04. The second-order valence-corrected chi connectivity index (χ2v) is 5.06. The lowest BCUT2D eigenvalue weighted by atomic mass is 10.3. The van der Waals surface area contributed by atoms with E-state index in [-0.39, 0.29) is 0 Å². The van der Waals surface area contributed by atoms with Crippen molar-refractivity contribution in [2.75, 3.05) is 5.32 Å². The van der Waals surface area contributed by atoms with E-state index in [1.165, 1.54) is 12.8 Å². The zero-order chi connectivity index (χ0) is 13.4. The number of anilines is 1. The summed E-state index contributed by atoms with van der Waals surface area (Å²) in [7, 11) is 0. The molecule has 0 radical (unpaired) electrons. The fourth-order valence-electron chi connectivity index (χ4n) is 2.17. The number of rotatable bonds is 4. The molecular formula is C15H14N4O. The maximum Gasteiger partial charge on any atom is 0.198 e. The SMILES string of the molecule is c1cnc(CNc2ccc3oc(C4CC4)nc3c2)cn1. The highest BCUT2D eigenvalue weighted by molar-refractivity contribution is 5.77. The first-order chi connectivity index (χ1) is 9.88. The molecule has 1 saturated carbocycles. The smallest absolute Gasteiger partial charge is 0.198 e. The van der Waals surface area contributed by atoms with Crippen LogP contribution in [0.2, 0.25) is 0 Å². The maximum atomic E-state index is 5.75. The molecule has 0 bridgehead atoms. The van der Waals surface area contributed by atoms with Crippen molar-refractivity contribution in [1.29, 1.82) is 0 Å². The molecule has 0 aliphatic heterocycles. The van der Waals surface area contributed by atoms with Gasteiger partial charge < -0.3 is 9.73 Å². The van der Waals surface area contributed by atoms with Crippen molar-refractivity contribution in [2.45, 2.75) is 25.3 Å². The number of nitrogens with one attached hydrogen (secondary N) is 1. The largest absolute Gasteiger partial charge is 0.440 e. The number of benzene rings is 1. The van der Waals surface area contributed by atoms with Gasteiger partial charge in [-0.15, -0.1) is 0 Å². The van der Waals surface area contributed by atoms with Crippen molar-refractivity contribution < 1.29 is 4.42 Å². The number of hydrogen-bond acceptors (Lipinski definition) is 5. The van der Waals surface area contributed by atoms with E-state index in [4.69, 9.17) is 4.42 Å². The van der Waals surface area contributed by atoms with E-state index in [1.54, 1.807) is 18.6 Å². The molecule has 3 aromatic rings. The number of fused-ring (bicyclic) bond motifs is 1. The van der Waals surface area contributed by atoms with Crippen molar-refractivity contribution in [1.82, 2.24) is 15.0 Å². The second-order valence-electron chi connectivity index (χ2n) is 5.06. The Kier molecular flexibility index (Phi) is 2.62. The third kappa shape index (κ3) is 2.22. The molecule has 0 unspecified atom stereocenters. The first-order valence-corrected chi connectivity index (χ1v) is 6.78. The summed E-state index contributed by atoms with van der Waals surface area (Å²) in [4.78, 5) is 12.8. The van der Waals surface area contributed by atoms with Crippen molar-refractivity contribution in [2.24, 2.45) is 0 Å². The van der Waals surface area contributed by atoms with Crippen LogP contribution in [-0.2, 0) is 6.54 Å². The van der Waals surface area contributed by atoms with Crippen molar-refractivity contribution in [3.8, 4) is 0 Å². The normalized spacial score (nSPS) is 14.6. The fourth-order valence-corrected chi connectivity index (χ4v) is 2.17. The van der Waals surface area contributed by atoms with Crippen molar-refractivity contribution in [3.05, 3.63) is 48.4 Å². The van der Waals surface area contributed by atoms with Crippen LogP contribution >= 0.6 is 0 Å². The predicted molar refractivity (Wildman–Crippen MR) is 75.3 cm³/mol. The summed E-state index contributed by atoms with van der Waals surface area (Å²) in [5.74, 6) is 1.42. The first-order valence-electron chi connectivity index (χ1n) is 6.78. The Morgan fingerprint density at radius 1 is 1.25 bits per heavy atom. The molecule has 0 amide bonds. The van der Waals surface area contributed by atoms with Gasteiger partial charge in [0.25, 0.3) is 0 Å². The number of aromatic nitrogens is 3. The van der Waals surface area contributed by atoms with Crippen LogP contribution in [0, 0.1) is 0 Å². The van der Waals surface area contributed by atoms with E-state index in [1.807, 2.05) is 18.2 Å². The zero-order valence-corrected chi connectivity index (χ0v) is 10.9. The number of hydrogen-bond donors (Lipinski definition) is 1. The van der Waals surface area contributed by atoms with Gasteiger partial charge in [-0.25, -0.2) is 4.98 Å². The molecule has 0 spiro atoms. The van der Waals surface area contributed by atoms with Gasteiger partial charge in [0.2, 0.25) is 0 Å². The molecule has 4 rings (SSSR count). The predicted octanol–water partition coefficient (Wildman–Crippen LogP) is 3.11. The minimum absolute atomic E-state index is 0.540. The van der Waals surface area contributed by atoms with E-state index in [2.05, 4.69) is 20.3 Å². The average Bonchev–Trinajstić information content (AvgIpc) is 3.26. The van der Waals surface area contributed by atoms with Gasteiger partial charge in [0.1, 0.15) is 5.52 Å². The maximum absolute atomic E-state index is 5.75. The first kappa shape index (κ1) is 11.4. The van der Waals surface area contributed by atoms with Crippen LogP contribution in [0.4, 0.5) is 5.69 Å². The highest BCUT2D eigenvalue weighted by Crippen LogP contribution is 2.40. The molecule has 5 heteroatoms. The number of oxazole rings is 1. The molecule has 1 fully saturated rings. The van der Waals surface area contributed by atoms with E-state index in [0.29, 0.717) is 12.5 Å². The van der Waals surface area contributed by atoms with Crippen LogP contribution in [0.15, 0.2) is 41.2 Å². The Morgan fingerprint density at radius 3 is 3.00 bits per heavy atom. The van der Waals surface area contributed by atoms with E-state index in [9.17, 15) is 0 Å². The molecule has 1 aliphatic carbocycles. The summed E-state index contributed by atoms with van der Waals surface area (Å²) in [6.45, 7) is 0.646. The Bertz CT molecular complexity index is 734. The Hall–Kier alpha value is -2.43. The van der Waals surface area contributed by atoms with Crippen LogP contribution in [0.1, 0.15) is 30.3 Å². The third-order valence-corrected chi connectivity index (χ3v) is 3.42. The van der Waals surface area contributed by atoms with E-state index < -0.39 is 0 Å². The standard InChI is InChI=1S/C15H14N4O/c1-2-10(1)15-19-13-7-11(3-4-14(13)20-15)18-9-12-8-16-5-6-17-12/h3-8,10,18H,1-2,9H2. The Morgan fingerprint density at radius 2 is 2.20 bits per heavy atom. The summed E-state index contributed by atoms with van der Waals surface area (Å²) in [5, 5.41) is 3.32. The van der Waals surface area contributed by atoms with Gasteiger partial charge in [-0.2, -0.15) is 0 Å². The minimum atomic E-state index is 0.540. The van der Waals surface area contributed by atoms with E-state index >= 15 is 0 Å². The summed E-state index contributed by atoms with van der Waals surface area (Å²) in [5.41, 5.74) is 3.69. The van der Waals surface area contributed by atoms with Gasteiger partial charge in [-0.05, 0) is 31.0 Å². The van der Waals surface area contributed by atoms with Gasteiger partial charge >= 0.3 is 0 Å². The van der Waals surface area contributed by atoms with Gasteiger partial charge in [0.05, 0.1) is 18.4 Å². The summed E-state index contributed by atoms with van der Waals surface area (Å²) < 4.78 is 5.75. The Labute approximate surface area is 116 Å². The molecule has 1 N–H and O–H groups in total. The molecule has 2 aromatic heterocycles. The van der Waals surface area contributed by atoms with Crippen LogP contribution in [0.5, 0.6) is 0 Å². The lowest BCUT2D eigenvalue weighted by molar-refractivity contribution is 0.533. The van der Waals surface area contributed by atoms with Crippen LogP contribution in [0.25, 0.3) is 11.1 Å². The second kappa shape index (κ2) is 4.59. The molecule has 2 heterocycles. The Balaban J connectivity index is 1.54. The van der Waals surface area contributed by atoms with Crippen molar-refractivity contribution in [3.63, 3.8) is 0 Å². The molecule has 0 saturated heterocycles. The number of nitrogens with zero attached hydrogens (tertiary/aromatic N) is 3. The van der Waals surface area contributed by atoms with Gasteiger partial charge in [0.15, 0.2) is 11.5 Å². The molecular weight excluding hydrogens is 252 g/mol. The summed E-state index contributed by atoms with van der Waals surface area (Å²) >= 11 is 0. The van der Waals surface area contributed by atoms with Gasteiger partial charge in [0, 0.05) is 24.0 Å². The minimum Gasteiger partial charge on any atom is -0.440 e. The van der Waals surface area contributed by atoms with Crippen molar-refractivity contribution >= 4 is 16.8 Å².